The molecular weight excluding hydrogens is 319 g/mol. The van der Waals surface area contributed by atoms with Crippen LogP contribution in [0.25, 0.3) is 0 Å². The standard InChI is InChI=1S/C13H14BrFO4/c1-18-10-7(13(12(16)17)4-3-5-13)6-8(14)9(15)11(10)19-2/h6H,3-5H2,1-2H3,(H,16,17). The molecule has 19 heavy (non-hydrogen) atoms. The molecule has 0 bridgehead atoms. The van der Waals surface area contributed by atoms with Gasteiger partial charge in [0.15, 0.2) is 17.3 Å². The number of rotatable bonds is 4. The normalized spacial score (nSPS) is 16.6. The minimum Gasteiger partial charge on any atom is -0.492 e. The fourth-order valence-electron chi connectivity index (χ4n) is 2.46. The molecule has 0 atom stereocenters. The van der Waals surface area contributed by atoms with Gasteiger partial charge in [0.05, 0.1) is 24.1 Å². The Morgan fingerprint density at radius 2 is 1.95 bits per heavy atom. The second kappa shape index (κ2) is 5.00. The summed E-state index contributed by atoms with van der Waals surface area (Å²) in [5.41, 5.74) is -0.548. The SMILES string of the molecule is COc1c(C2(C(=O)O)CCC2)cc(Br)c(F)c1OC. The highest BCUT2D eigenvalue weighted by Gasteiger charge is 2.49. The molecule has 6 heteroatoms. The van der Waals surface area contributed by atoms with Crippen molar-refractivity contribution in [1.29, 1.82) is 0 Å². The summed E-state index contributed by atoms with van der Waals surface area (Å²) < 4.78 is 24.3. The van der Waals surface area contributed by atoms with Crippen LogP contribution in [-0.4, -0.2) is 25.3 Å². The predicted molar refractivity (Wildman–Crippen MR) is 70.4 cm³/mol. The zero-order valence-corrected chi connectivity index (χ0v) is 12.2. The molecule has 4 nitrogen and oxygen atoms in total. The summed E-state index contributed by atoms with van der Waals surface area (Å²) in [6.07, 6.45) is 1.85. The van der Waals surface area contributed by atoms with Gasteiger partial charge in [-0.25, -0.2) is 4.39 Å². The van der Waals surface area contributed by atoms with E-state index in [1.807, 2.05) is 0 Å². The lowest BCUT2D eigenvalue weighted by Crippen LogP contribution is -2.42. The molecule has 0 heterocycles. The third kappa shape index (κ3) is 1.98. The fraction of sp³-hybridized carbons (Fsp3) is 0.462. The molecule has 0 unspecified atom stereocenters. The van der Waals surface area contributed by atoms with E-state index in [0.717, 1.165) is 6.42 Å². The third-order valence-electron chi connectivity index (χ3n) is 3.67. The molecule has 0 radical (unpaired) electrons. The van der Waals surface area contributed by atoms with Gasteiger partial charge in [-0.15, -0.1) is 0 Å². The molecule has 0 spiro atoms. The van der Waals surface area contributed by atoms with Crippen molar-refractivity contribution in [1.82, 2.24) is 0 Å². The van der Waals surface area contributed by atoms with Gasteiger partial charge in [0.1, 0.15) is 0 Å². The maximum absolute atomic E-state index is 13.9. The van der Waals surface area contributed by atoms with E-state index in [1.54, 1.807) is 0 Å². The van der Waals surface area contributed by atoms with E-state index in [-0.39, 0.29) is 16.0 Å². The number of halogens is 2. The molecule has 2 rings (SSSR count). The summed E-state index contributed by atoms with van der Waals surface area (Å²) >= 11 is 3.09. The number of carbonyl (C=O) groups is 1. The van der Waals surface area contributed by atoms with Crippen LogP contribution in [-0.2, 0) is 10.2 Å². The first-order valence-corrected chi connectivity index (χ1v) is 6.61. The molecule has 0 amide bonds. The summed E-state index contributed by atoms with van der Waals surface area (Å²) in [7, 11) is 2.70. The lowest BCUT2D eigenvalue weighted by atomic mass is 9.64. The van der Waals surface area contributed by atoms with Crippen molar-refractivity contribution in [3.05, 3.63) is 21.9 Å². The van der Waals surface area contributed by atoms with E-state index >= 15 is 0 Å². The van der Waals surface area contributed by atoms with Crippen LogP contribution in [0.5, 0.6) is 11.5 Å². The van der Waals surface area contributed by atoms with Gasteiger partial charge < -0.3 is 14.6 Å². The van der Waals surface area contributed by atoms with Crippen LogP contribution in [0.3, 0.4) is 0 Å². The Hall–Kier alpha value is -1.30. The first-order valence-electron chi connectivity index (χ1n) is 5.81. The van der Waals surface area contributed by atoms with E-state index in [4.69, 9.17) is 9.47 Å². The number of hydrogen-bond acceptors (Lipinski definition) is 3. The highest BCUT2D eigenvalue weighted by Crippen LogP contribution is 2.51. The van der Waals surface area contributed by atoms with Crippen molar-refractivity contribution in [3.8, 4) is 11.5 Å². The van der Waals surface area contributed by atoms with Crippen LogP contribution in [0.4, 0.5) is 4.39 Å². The quantitative estimate of drug-likeness (QED) is 0.920. The molecular formula is C13H14BrFO4. The average Bonchev–Trinajstić information content (AvgIpc) is 2.31. The van der Waals surface area contributed by atoms with Crippen LogP contribution >= 0.6 is 15.9 Å². The van der Waals surface area contributed by atoms with Gasteiger partial charge >= 0.3 is 5.97 Å². The van der Waals surface area contributed by atoms with Crippen LogP contribution in [0.15, 0.2) is 10.5 Å². The maximum atomic E-state index is 13.9. The molecule has 104 valence electrons. The Morgan fingerprint density at radius 1 is 1.37 bits per heavy atom. The summed E-state index contributed by atoms with van der Waals surface area (Å²) in [6, 6.07) is 1.48. The fourth-order valence-corrected chi connectivity index (χ4v) is 2.86. The number of carboxylic acids is 1. The summed E-state index contributed by atoms with van der Waals surface area (Å²) in [6.45, 7) is 0. The van der Waals surface area contributed by atoms with Crippen LogP contribution in [0, 0.1) is 5.82 Å². The summed E-state index contributed by atoms with van der Waals surface area (Å²) in [4.78, 5) is 11.6. The summed E-state index contributed by atoms with van der Waals surface area (Å²) in [5.74, 6) is -1.43. The molecule has 1 aromatic rings. The van der Waals surface area contributed by atoms with Crippen LogP contribution < -0.4 is 9.47 Å². The zero-order chi connectivity index (χ0) is 14.2. The predicted octanol–water partition coefficient (Wildman–Crippen LogP) is 3.11. The molecule has 0 aliphatic heterocycles. The van der Waals surface area contributed by atoms with Crippen molar-refractivity contribution in [2.75, 3.05) is 14.2 Å². The first-order chi connectivity index (χ1) is 8.97. The van der Waals surface area contributed by atoms with Gasteiger partial charge in [-0.2, -0.15) is 0 Å². The monoisotopic (exact) mass is 332 g/mol. The van der Waals surface area contributed by atoms with E-state index < -0.39 is 17.2 Å². The van der Waals surface area contributed by atoms with Gasteiger partial charge in [0.25, 0.3) is 0 Å². The average molecular weight is 333 g/mol. The molecule has 1 aliphatic rings. The van der Waals surface area contributed by atoms with Crippen molar-refractivity contribution < 1.29 is 23.8 Å². The number of carboxylic acid groups (broad SMARTS) is 1. The zero-order valence-electron chi connectivity index (χ0n) is 10.6. The van der Waals surface area contributed by atoms with Gasteiger partial charge in [0.2, 0.25) is 0 Å². The molecule has 1 aromatic carbocycles. The second-order valence-corrected chi connectivity index (χ2v) is 5.38. The maximum Gasteiger partial charge on any atom is 0.314 e. The van der Waals surface area contributed by atoms with Crippen molar-refractivity contribution >= 4 is 21.9 Å². The van der Waals surface area contributed by atoms with Gasteiger partial charge in [-0.3, -0.25) is 4.79 Å². The smallest absolute Gasteiger partial charge is 0.314 e. The van der Waals surface area contributed by atoms with E-state index in [0.29, 0.717) is 18.4 Å². The number of aliphatic carboxylic acids is 1. The first kappa shape index (κ1) is 14.1. The number of hydrogen-bond donors (Lipinski definition) is 1. The van der Waals surface area contributed by atoms with Gasteiger partial charge in [0, 0.05) is 5.56 Å². The topological polar surface area (TPSA) is 55.8 Å². The molecule has 1 saturated carbocycles. The minimum absolute atomic E-state index is 0.0700. The second-order valence-electron chi connectivity index (χ2n) is 4.53. The van der Waals surface area contributed by atoms with Crippen molar-refractivity contribution in [2.45, 2.75) is 24.7 Å². The minimum atomic E-state index is -1.01. The number of ether oxygens (including phenoxy) is 2. The largest absolute Gasteiger partial charge is 0.492 e. The molecule has 1 fully saturated rings. The summed E-state index contributed by atoms with van der Waals surface area (Å²) in [5, 5.41) is 9.48. The van der Waals surface area contributed by atoms with Crippen LogP contribution in [0.1, 0.15) is 24.8 Å². The molecule has 1 N–H and O–H groups in total. The van der Waals surface area contributed by atoms with E-state index in [1.165, 1.54) is 20.3 Å². The third-order valence-corrected chi connectivity index (χ3v) is 4.25. The Morgan fingerprint density at radius 3 is 2.32 bits per heavy atom. The number of benzene rings is 1. The van der Waals surface area contributed by atoms with Crippen molar-refractivity contribution in [3.63, 3.8) is 0 Å². The van der Waals surface area contributed by atoms with Gasteiger partial charge in [-0.1, -0.05) is 6.42 Å². The lowest BCUT2D eigenvalue weighted by Gasteiger charge is -2.39. The Kier molecular flexibility index (Phi) is 3.71. The molecule has 0 aromatic heterocycles. The van der Waals surface area contributed by atoms with Gasteiger partial charge in [-0.05, 0) is 34.8 Å². The van der Waals surface area contributed by atoms with Crippen molar-refractivity contribution in [2.24, 2.45) is 0 Å². The highest BCUT2D eigenvalue weighted by atomic mass is 79.9. The molecule has 0 saturated heterocycles. The highest BCUT2D eigenvalue weighted by molar-refractivity contribution is 9.10. The van der Waals surface area contributed by atoms with Crippen LogP contribution in [0.2, 0.25) is 0 Å². The Labute approximate surface area is 118 Å². The lowest BCUT2D eigenvalue weighted by molar-refractivity contribution is -0.147. The van der Waals surface area contributed by atoms with E-state index in [2.05, 4.69) is 15.9 Å². The Bertz CT molecular complexity index is 526. The number of methoxy groups -OCH3 is 2. The Balaban J connectivity index is 2.69. The molecule has 1 aliphatic carbocycles. The van der Waals surface area contributed by atoms with E-state index in [9.17, 15) is 14.3 Å².